The summed E-state index contributed by atoms with van der Waals surface area (Å²) >= 11 is 5.70. The fourth-order valence-electron chi connectivity index (χ4n) is 2.10. The molecule has 1 aliphatic rings. The Morgan fingerprint density at radius 2 is 2.11 bits per heavy atom. The van der Waals surface area contributed by atoms with Crippen LogP contribution in [-0.4, -0.2) is 52.4 Å². The van der Waals surface area contributed by atoms with Gasteiger partial charge >= 0.3 is 0 Å². The van der Waals surface area contributed by atoms with Crippen molar-refractivity contribution in [3.8, 4) is 0 Å². The minimum Gasteiger partial charge on any atom is -0.394 e. The van der Waals surface area contributed by atoms with Gasteiger partial charge < -0.3 is 9.84 Å². The molecule has 5 nitrogen and oxygen atoms in total. The van der Waals surface area contributed by atoms with Crippen LogP contribution in [0.4, 0.5) is 0 Å². The first-order valence-electron chi connectivity index (χ1n) is 6.19. The van der Waals surface area contributed by atoms with Gasteiger partial charge in [-0.25, -0.2) is 4.98 Å². The van der Waals surface area contributed by atoms with Gasteiger partial charge in [0.25, 0.3) is 0 Å². The Bertz CT molecular complexity index is 353. The number of hydrogen-bond donors (Lipinski definition) is 1. The number of ether oxygens (including phenoxy) is 1. The number of likely N-dealkylation sites (tertiary alicyclic amines) is 1. The second kappa shape index (κ2) is 6.99. The molecular formula is C12H18ClN3O2. The lowest BCUT2D eigenvalue weighted by atomic mass is 10.1. The number of aliphatic hydroxyl groups excluding tert-OH is 1. The van der Waals surface area contributed by atoms with E-state index in [1.54, 1.807) is 12.4 Å². The Balaban J connectivity index is 1.74. The largest absolute Gasteiger partial charge is 0.394 e. The Kier molecular flexibility index (Phi) is 5.31. The molecule has 0 radical (unpaired) electrons. The quantitative estimate of drug-likeness (QED) is 0.869. The summed E-state index contributed by atoms with van der Waals surface area (Å²) in [5.74, 6) is 0. The van der Waals surface area contributed by atoms with E-state index in [-0.39, 0.29) is 12.7 Å². The van der Waals surface area contributed by atoms with Crippen LogP contribution in [0.15, 0.2) is 12.4 Å². The van der Waals surface area contributed by atoms with Crippen LogP contribution in [0.25, 0.3) is 0 Å². The molecule has 18 heavy (non-hydrogen) atoms. The number of hydrogen-bond acceptors (Lipinski definition) is 5. The van der Waals surface area contributed by atoms with Gasteiger partial charge in [0.1, 0.15) is 5.15 Å². The Morgan fingerprint density at radius 3 is 2.72 bits per heavy atom. The van der Waals surface area contributed by atoms with E-state index >= 15 is 0 Å². The average molecular weight is 272 g/mol. The van der Waals surface area contributed by atoms with Gasteiger partial charge in [-0.1, -0.05) is 11.6 Å². The van der Waals surface area contributed by atoms with Gasteiger partial charge in [0.15, 0.2) is 0 Å². The van der Waals surface area contributed by atoms with E-state index < -0.39 is 0 Å². The fraction of sp³-hybridized carbons (Fsp3) is 0.667. The zero-order valence-corrected chi connectivity index (χ0v) is 11.0. The van der Waals surface area contributed by atoms with Crippen molar-refractivity contribution < 1.29 is 9.84 Å². The van der Waals surface area contributed by atoms with E-state index in [0.717, 1.165) is 38.2 Å². The minimum atomic E-state index is 0.0978. The molecule has 0 spiro atoms. The number of piperidine rings is 1. The molecule has 6 heteroatoms. The van der Waals surface area contributed by atoms with Crippen molar-refractivity contribution in [2.45, 2.75) is 25.5 Å². The zero-order chi connectivity index (χ0) is 12.8. The maximum atomic E-state index is 8.70. The Hall–Kier alpha value is -0.750. The van der Waals surface area contributed by atoms with Gasteiger partial charge in [-0.3, -0.25) is 9.88 Å². The first-order chi connectivity index (χ1) is 8.78. The third-order valence-corrected chi connectivity index (χ3v) is 3.23. The number of aromatic nitrogens is 2. The topological polar surface area (TPSA) is 58.5 Å². The SMILES string of the molecule is OCCOC1CCN(Cc2cnc(Cl)cn2)CC1. The van der Waals surface area contributed by atoms with Crippen LogP contribution in [-0.2, 0) is 11.3 Å². The molecule has 1 aromatic rings. The van der Waals surface area contributed by atoms with E-state index in [0.29, 0.717) is 11.8 Å². The monoisotopic (exact) mass is 271 g/mol. The summed E-state index contributed by atoms with van der Waals surface area (Å²) in [7, 11) is 0. The average Bonchev–Trinajstić information content (AvgIpc) is 2.41. The molecular weight excluding hydrogens is 254 g/mol. The maximum Gasteiger partial charge on any atom is 0.147 e. The molecule has 1 saturated heterocycles. The van der Waals surface area contributed by atoms with E-state index in [1.165, 1.54) is 0 Å². The third kappa shape index (κ3) is 4.17. The molecule has 0 bridgehead atoms. The zero-order valence-electron chi connectivity index (χ0n) is 10.3. The van der Waals surface area contributed by atoms with Crippen molar-refractivity contribution in [1.82, 2.24) is 14.9 Å². The smallest absolute Gasteiger partial charge is 0.147 e. The lowest BCUT2D eigenvalue weighted by Gasteiger charge is -2.31. The van der Waals surface area contributed by atoms with Crippen LogP contribution in [0, 0.1) is 0 Å². The highest BCUT2D eigenvalue weighted by molar-refractivity contribution is 6.29. The third-order valence-electron chi connectivity index (χ3n) is 3.04. The summed E-state index contributed by atoms with van der Waals surface area (Å²) in [4.78, 5) is 10.6. The molecule has 2 rings (SSSR count). The van der Waals surface area contributed by atoms with Crippen LogP contribution in [0.3, 0.4) is 0 Å². The molecule has 1 fully saturated rings. The normalized spacial score (nSPS) is 18.1. The van der Waals surface area contributed by atoms with Crippen molar-refractivity contribution in [2.75, 3.05) is 26.3 Å². The van der Waals surface area contributed by atoms with Crippen LogP contribution >= 0.6 is 11.6 Å². The molecule has 1 N–H and O–H groups in total. The van der Waals surface area contributed by atoms with E-state index in [1.807, 2.05) is 0 Å². The maximum absolute atomic E-state index is 8.70. The van der Waals surface area contributed by atoms with E-state index in [2.05, 4.69) is 14.9 Å². The second-order valence-corrected chi connectivity index (χ2v) is 4.79. The summed E-state index contributed by atoms with van der Waals surface area (Å²) in [6, 6.07) is 0. The lowest BCUT2D eigenvalue weighted by Crippen LogP contribution is -2.37. The van der Waals surface area contributed by atoms with Crippen molar-refractivity contribution >= 4 is 11.6 Å². The Labute approximate surface area is 112 Å². The minimum absolute atomic E-state index is 0.0978. The van der Waals surface area contributed by atoms with Crippen LogP contribution in [0.2, 0.25) is 5.15 Å². The molecule has 2 heterocycles. The van der Waals surface area contributed by atoms with Gasteiger partial charge in [0, 0.05) is 19.6 Å². The predicted octanol–water partition coefficient (Wildman–Crippen LogP) is 1.10. The summed E-state index contributed by atoms with van der Waals surface area (Å²) in [5.41, 5.74) is 0.939. The lowest BCUT2D eigenvalue weighted by molar-refractivity contribution is -0.00920. The Morgan fingerprint density at radius 1 is 1.33 bits per heavy atom. The standard InChI is InChI=1S/C12H18ClN3O2/c13-12-8-14-10(7-15-12)9-16-3-1-11(2-4-16)18-6-5-17/h7-8,11,17H,1-6,9H2. The molecule has 100 valence electrons. The van der Waals surface area contributed by atoms with Crippen LogP contribution in [0.1, 0.15) is 18.5 Å². The summed E-state index contributed by atoms with van der Waals surface area (Å²) in [6.07, 6.45) is 5.58. The van der Waals surface area contributed by atoms with Crippen molar-refractivity contribution in [3.05, 3.63) is 23.2 Å². The van der Waals surface area contributed by atoms with Crippen molar-refractivity contribution in [3.63, 3.8) is 0 Å². The molecule has 1 aromatic heterocycles. The summed E-state index contributed by atoms with van der Waals surface area (Å²) in [6.45, 7) is 3.31. The van der Waals surface area contributed by atoms with Crippen molar-refractivity contribution in [1.29, 1.82) is 0 Å². The number of rotatable bonds is 5. The predicted molar refractivity (Wildman–Crippen MR) is 68.4 cm³/mol. The first kappa shape index (κ1) is 13.7. The molecule has 0 aromatic carbocycles. The number of halogens is 1. The number of aliphatic hydroxyl groups is 1. The molecule has 0 saturated carbocycles. The van der Waals surface area contributed by atoms with Crippen molar-refractivity contribution in [2.24, 2.45) is 0 Å². The molecule has 0 amide bonds. The van der Waals surface area contributed by atoms with Gasteiger partial charge in [-0.2, -0.15) is 0 Å². The van der Waals surface area contributed by atoms with Crippen LogP contribution < -0.4 is 0 Å². The summed E-state index contributed by atoms with van der Waals surface area (Å²) in [5, 5.41) is 9.13. The number of nitrogens with zero attached hydrogens (tertiary/aromatic N) is 3. The van der Waals surface area contributed by atoms with Crippen LogP contribution in [0.5, 0.6) is 0 Å². The van der Waals surface area contributed by atoms with Gasteiger partial charge in [0.2, 0.25) is 0 Å². The van der Waals surface area contributed by atoms with Gasteiger partial charge in [0.05, 0.1) is 37.4 Å². The van der Waals surface area contributed by atoms with E-state index in [9.17, 15) is 0 Å². The molecule has 0 aliphatic carbocycles. The van der Waals surface area contributed by atoms with Gasteiger partial charge in [-0.05, 0) is 12.8 Å². The van der Waals surface area contributed by atoms with Gasteiger partial charge in [-0.15, -0.1) is 0 Å². The highest BCUT2D eigenvalue weighted by Gasteiger charge is 2.19. The van der Waals surface area contributed by atoms with E-state index in [4.69, 9.17) is 21.4 Å². The first-order valence-corrected chi connectivity index (χ1v) is 6.57. The molecule has 0 atom stereocenters. The second-order valence-electron chi connectivity index (χ2n) is 4.40. The highest BCUT2D eigenvalue weighted by Crippen LogP contribution is 2.15. The molecule has 0 unspecified atom stereocenters. The fourth-order valence-corrected chi connectivity index (χ4v) is 2.20. The summed E-state index contributed by atoms with van der Waals surface area (Å²) < 4.78 is 5.52. The highest BCUT2D eigenvalue weighted by atomic mass is 35.5. The molecule has 1 aliphatic heterocycles.